The van der Waals surface area contributed by atoms with Crippen LogP contribution in [0.2, 0.25) is 0 Å². The van der Waals surface area contributed by atoms with Gasteiger partial charge in [0.05, 0.1) is 5.69 Å². The smallest absolute Gasteiger partial charge is 0.192 e. The van der Waals surface area contributed by atoms with Crippen LogP contribution in [-0.2, 0) is 0 Å². The van der Waals surface area contributed by atoms with Crippen LogP contribution >= 0.6 is 44.3 Å². The van der Waals surface area contributed by atoms with Crippen molar-refractivity contribution in [2.75, 3.05) is 12.4 Å². The Morgan fingerprint density at radius 3 is 2.64 bits per heavy atom. The SMILES string of the molecule is CN=C(N)Nc1cc(Br)ccc1Br.Cl. The third-order valence-electron chi connectivity index (χ3n) is 1.43. The lowest BCUT2D eigenvalue weighted by atomic mass is 10.3. The molecule has 1 aromatic carbocycles. The van der Waals surface area contributed by atoms with E-state index in [2.05, 4.69) is 42.2 Å². The molecule has 0 aromatic heterocycles. The van der Waals surface area contributed by atoms with Crippen molar-refractivity contribution in [3.05, 3.63) is 27.1 Å². The molecule has 6 heteroatoms. The van der Waals surface area contributed by atoms with Crippen LogP contribution < -0.4 is 11.1 Å². The average molecular weight is 343 g/mol. The number of anilines is 1. The summed E-state index contributed by atoms with van der Waals surface area (Å²) in [6.07, 6.45) is 0. The highest BCUT2D eigenvalue weighted by molar-refractivity contribution is 9.11. The van der Waals surface area contributed by atoms with Crippen LogP contribution in [0.25, 0.3) is 0 Å². The monoisotopic (exact) mass is 341 g/mol. The van der Waals surface area contributed by atoms with E-state index in [1.165, 1.54) is 0 Å². The summed E-state index contributed by atoms with van der Waals surface area (Å²) in [6, 6.07) is 5.78. The largest absolute Gasteiger partial charge is 0.370 e. The van der Waals surface area contributed by atoms with E-state index in [1.807, 2.05) is 18.2 Å². The molecular weight excluding hydrogens is 333 g/mol. The van der Waals surface area contributed by atoms with E-state index in [0.717, 1.165) is 14.6 Å². The number of rotatable bonds is 1. The van der Waals surface area contributed by atoms with Crippen molar-refractivity contribution in [1.29, 1.82) is 0 Å². The van der Waals surface area contributed by atoms with Crippen molar-refractivity contribution >= 4 is 55.9 Å². The van der Waals surface area contributed by atoms with Gasteiger partial charge in [0.25, 0.3) is 0 Å². The number of benzene rings is 1. The molecule has 0 aliphatic heterocycles. The molecule has 0 radical (unpaired) electrons. The molecule has 0 amide bonds. The fraction of sp³-hybridized carbons (Fsp3) is 0.125. The average Bonchev–Trinajstić information content (AvgIpc) is 2.11. The molecule has 0 saturated carbocycles. The van der Waals surface area contributed by atoms with Gasteiger partial charge in [-0.25, -0.2) is 0 Å². The van der Waals surface area contributed by atoms with E-state index in [4.69, 9.17) is 5.73 Å². The Labute approximate surface area is 106 Å². The van der Waals surface area contributed by atoms with E-state index in [-0.39, 0.29) is 12.4 Å². The first-order valence-corrected chi connectivity index (χ1v) is 5.16. The van der Waals surface area contributed by atoms with Gasteiger partial charge in [0, 0.05) is 16.0 Å². The zero-order valence-corrected chi connectivity index (χ0v) is 11.4. The molecule has 0 saturated heterocycles. The first kappa shape index (κ1) is 13.7. The lowest BCUT2D eigenvalue weighted by Gasteiger charge is -2.07. The summed E-state index contributed by atoms with van der Waals surface area (Å²) in [7, 11) is 1.63. The normalized spacial score (nSPS) is 10.6. The maximum absolute atomic E-state index is 5.53. The number of nitrogens with two attached hydrogens (primary N) is 1. The summed E-state index contributed by atoms with van der Waals surface area (Å²) in [4.78, 5) is 3.80. The molecule has 14 heavy (non-hydrogen) atoms. The summed E-state index contributed by atoms with van der Waals surface area (Å²) in [5.74, 6) is 0.388. The third-order valence-corrected chi connectivity index (χ3v) is 2.62. The Morgan fingerprint density at radius 1 is 1.43 bits per heavy atom. The number of hydrogen-bond acceptors (Lipinski definition) is 1. The Balaban J connectivity index is 0.00000169. The maximum Gasteiger partial charge on any atom is 0.192 e. The summed E-state index contributed by atoms with van der Waals surface area (Å²) in [5.41, 5.74) is 6.41. The van der Waals surface area contributed by atoms with Crippen LogP contribution in [0.4, 0.5) is 5.69 Å². The lowest BCUT2D eigenvalue weighted by molar-refractivity contribution is 1.37. The molecule has 0 atom stereocenters. The van der Waals surface area contributed by atoms with E-state index in [0.29, 0.717) is 5.96 Å². The number of hydrogen-bond donors (Lipinski definition) is 2. The highest BCUT2D eigenvalue weighted by Crippen LogP contribution is 2.25. The van der Waals surface area contributed by atoms with Crippen LogP contribution in [-0.4, -0.2) is 13.0 Å². The van der Waals surface area contributed by atoms with E-state index >= 15 is 0 Å². The minimum atomic E-state index is 0. The fourth-order valence-corrected chi connectivity index (χ4v) is 1.49. The van der Waals surface area contributed by atoms with Gasteiger partial charge in [0.1, 0.15) is 0 Å². The van der Waals surface area contributed by atoms with Crippen LogP contribution in [0.5, 0.6) is 0 Å². The Hall–Kier alpha value is -0.260. The van der Waals surface area contributed by atoms with Crippen LogP contribution in [0.15, 0.2) is 32.1 Å². The van der Waals surface area contributed by atoms with Crippen molar-refractivity contribution in [3.63, 3.8) is 0 Å². The standard InChI is InChI=1S/C8H9Br2N3.ClH/c1-12-8(11)13-7-4-5(9)2-3-6(7)10;/h2-4H,1H3,(H3,11,12,13);1H. The molecule has 3 N–H and O–H groups in total. The quantitative estimate of drug-likeness (QED) is 0.608. The Kier molecular flexibility index (Phi) is 6.15. The number of guanidine groups is 1. The van der Waals surface area contributed by atoms with Gasteiger partial charge in [-0.3, -0.25) is 4.99 Å². The Morgan fingerprint density at radius 2 is 2.07 bits per heavy atom. The molecule has 0 heterocycles. The fourth-order valence-electron chi connectivity index (χ4n) is 0.787. The number of halogens is 3. The molecule has 0 fully saturated rings. The molecule has 0 unspecified atom stereocenters. The first-order valence-electron chi connectivity index (χ1n) is 3.58. The van der Waals surface area contributed by atoms with Gasteiger partial charge in [-0.1, -0.05) is 15.9 Å². The van der Waals surface area contributed by atoms with Crippen molar-refractivity contribution in [2.24, 2.45) is 10.7 Å². The first-order chi connectivity index (χ1) is 6.13. The molecule has 0 spiro atoms. The molecule has 78 valence electrons. The van der Waals surface area contributed by atoms with Crippen molar-refractivity contribution in [2.45, 2.75) is 0 Å². The topological polar surface area (TPSA) is 50.4 Å². The second-order valence-corrected chi connectivity index (χ2v) is 4.13. The molecule has 1 rings (SSSR count). The van der Waals surface area contributed by atoms with E-state index in [9.17, 15) is 0 Å². The van der Waals surface area contributed by atoms with E-state index in [1.54, 1.807) is 7.05 Å². The lowest BCUT2D eigenvalue weighted by Crippen LogP contribution is -2.22. The van der Waals surface area contributed by atoms with Gasteiger partial charge >= 0.3 is 0 Å². The van der Waals surface area contributed by atoms with Crippen molar-refractivity contribution in [1.82, 2.24) is 0 Å². The third kappa shape index (κ3) is 3.86. The van der Waals surface area contributed by atoms with Gasteiger partial charge < -0.3 is 11.1 Å². The predicted octanol–water partition coefficient (Wildman–Crippen LogP) is 2.99. The minimum Gasteiger partial charge on any atom is -0.370 e. The van der Waals surface area contributed by atoms with Gasteiger partial charge in [-0.15, -0.1) is 12.4 Å². The predicted molar refractivity (Wildman–Crippen MR) is 70.3 cm³/mol. The molecule has 0 aliphatic carbocycles. The Bertz CT molecular complexity index is 341. The minimum absolute atomic E-state index is 0. The summed E-state index contributed by atoms with van der Waals surface area (Å²) >= 11 is 6.76. The summed E-state index contributed by atoms with van der Waals surface area (Å²) < 4.78 is 1.93. The van der Waals surface area contributed by atoms with Crippen LogP contribution in [0, 0.1) is 0 Å². The second kappa shape index (κ2) is 6.27. The summed E-state index contributed by atoms with van der Waals surface area (Å²) in [6.45, 7) is 0. The highest BCUT2D eigenvalue weighted by Gasteiger charge is 2.00. The molecule has 3 nitrogen and oxygen atoms in total. The molecule has 0 bridgehead atoms. The van der Waals surface area contributed by atoms with Crippen LogP contribution in [0.1, 0.15) is 0 Å². The number of nitrogens with one attached hydrogen (secondary N) is 1. The van der Waals surface area contributed by atoms with Crippen molar-refractivity contribution in [3.8, 4) is 0 Å². The van der Waals surface area contributed by atoms with Gasteiger partial charge in [0.15, 0.2) is 5.96 Å². The summed E-state index contributed by atoms with van der Waals surface area (Å²) in [5, 5.41) is 2.95. The maximum atomic E-state index is 5.53. The molecular formula is C8H10Br2ClN3. The molecule has 1 aromatic rings. The second-order valence-electron chi connectivity index (χ2n) is 2.36. The van der Waals surface area contributed by atoms with Crippen LogP contribution in [0.3, 0.4) is 0 Å². The van der Waals surface area contributed by atoms with Gasteiger partial charge in [-0.05, 0) is 34.1 Å². The zero-order chi connectivity index (χ0) is 9.84. The van der Waals surface area contributed by atoms with Crippen molar-refractivity contribution < 1.29 is 0 Å². The van der Waals surface area contributed by atoms with Gasteiger partial charge in [0.2, 0.25) is 0 Å². The van der Waals surface area contributed by atoms with Gasteiger partial charge in [-0.2, -0.15) is 0 Å². The molecule has 0 aliphatic rings. The highest BCUT2D eigenvalue weighted by atomic mass is 79.9. The van der Waals surface area contributed by atoms with E-state index < -0.39 is 0 Å². The zero-order valence-electron chi connectivity index (χ0n) is 7.42. The number of aliphatic imine (C=N–C) groups is 1. The number of nitrogens with zero attached hydrogens (tertiary/aromatic N) is 1.